The van der Waals surface area contributed by atoms with Gasteiger partial charge in [-0.2, -0.15) is 5.10 Å². The van der Waals surface area contributed by atoms with Crippen molar-refractivity contribution < 1.29 is 13.2 Å². The summed E-state index contributed by atoms with van der Waals surface area (Å²) in [6.07, 6.45) is 0. The molecule has 190 valence electrons. The number of nitrogens with two attached hydrogens (primary N) is 1. The number of hydrogen-bond acceptors (Lipinski definition) is 4. The summed E-state index contributed by atoms with van der Waals surface area (Å²) in [6.45, 7) is 2.37. The van der Waals surface area contributed by atoms with Gasteiger partial charge in [0.1, 0.15) is 11.4 Å². The summed E-state index contributed by atoms with van der Waals surface area (Å²) in [6, 6.07) is 33.1. The van der Waals surface area contributed by atoms with E-state index in [4.69, 9.17) is 10.2 Å². The largest absolute Gasteiger partial charge is 0.321 e. The second kappa shape index (κ2) is 10.5. The van der Waals surface area contributed by atoms with Gasteiger partial charge in [0, 0.05) is 16.8 Å². The summed E-state index contributed by atoms with van der Waals surface area (Å²) in [5.74, 6) is -0.303. The van der Waals surface area contributed by atoms with E-state index in [2.05, 4.69) is 5.32 Å². The van der Waals surface area contributed by atoms with Crippen molar-refractivity contribution in [3.05, 3.63) is 126 Å². The molecule has 1 aromatic heterocycles. The zero-order valence-electron chi connectivity index (χ0n) is 20.7. The maximum Gasteiger partial charge on any atom is 0.274 e. The summed E-state index contributed by atoms with van der Waals surface area (Å²) in [5.41, 5.74) is 5.81. The molecule has 4 aromatic carbocycles. The van der Waals surface area contributed by atoms with Crippen LogP contribution in [-0.2, 0) is 16.6 Å². The minimum absolute atomic E-state index is 0.00361. The van der Waals surface area contributed by atoms with E-state index >= 15 is 0 Å². The van der Waals surface area contributed by atoms with E-state index in [1.54, 1.807) is 16.8 Å². The van der Waals surface area contributed by atoms with Gasteiger partial charge in [-0.25, -0.2) is 13.6 Å². The molecule has 0 aliphatic carbocycles. The number of para-hydroxylation sites is 1. The molecule has 0 aliphatic heterocycles. The lowest BCUT2D eigenvalue weighted by Crippen LogP contribution is -2.19. The second-order valence-corrected chi connectivity index (χ2v) is 10.5. The van der Waals surface area contributed by atoms with Gasteiger partial charge in [-0.3, -0.25) is 9.48 Å². The number of carbonyl (C=O) groups excluding carboxylic acids is 1. The third-order valence-corrected chi connectivity index (χ3v) is 7.10. The lowest BCUT2D eigenvalue weighted by atomic mass is 9.97. The molecule has 1 amide bonds. The number of aromatic nitrogens is 2. The number of nitrogens with one attached hydrogen (secondary N) is 1. The van der Waals surface area contributed by atoms with Gasteiger partial charge in [0.25, 0.3) is 5.91 Å². The Morgan fingerprint density at radius 2 is 1.39 bits per heavy atom. The van der Waals surface area contributed by atoms with E-state index in [-0.39, 0.29) is 10.8 Å². The first kappa shape index (κ1) is 25.1. The number of nitrogens with zero attached hydrogens (tertiary/aromatic N) is 2. The van der Waals surface area contributed by atoms with Crippen molar-refractivity contribution in [1.29, 1.82) is 0 Å². The number of primary sulfonamides is 1. The maximum absolute atomic E-state index is 13.8. The predicted octanol–water partition coefficient (Wildman–Crippen LogP) is 5.47. The average Bonchev–Trinajstić information content (AvgIpc) is 3.29. The quantitative estimate of drug-likeness (QED) is 0.295. The van der Waals surface area contributed by atoms with Crippen LogP contribution >= 0.6 is 0 Å². The molecule has 0 fully saturated rings. The number of amides is 1. The highest BCUT2D eigenvalue weighted by Gasteiger charge is 2.26. The highest BCUT2D eigenvalue weighted by Crippen LogP contribution is 2.36. The molecule has 1 heterocycles. The van der Waals surface area contributed by atoms with Crippen molar-refractivity contribution in [3.8, 4) is 22.4 Å². The topological polar surface area (TPSA) is 107 Å². The Kier molecular flexibility index (Phi) is 6.91. The fourth-order valence-corrected chi connectivity index (χ4v) is 4.79. The van der Waals surface area contributed by atoms with Gasteiger partial charge in [0.2, 0.25) is 10.0 Å². The Bertz CT molecular complexity index is 1680. The molecule has 0 unspecified atom stereocenters. The third-order valence-electron chi connectivity index (χ3n) is 6.17. The Labute approximate surface area is 221 Å². The van der Waals surface area contributed by atoms with Crippen LogP contribution in [0.25, 0.3) is 22.4 Å². The lowest BCUT2D eigenvalue weighted by molar-refractivity contribution is 0.101. The fourth-order valence-electron chi connectivity index (χ4n) is 4.27. The van der Waals surface area contributed by atoms with Crippen LogP contribution in [0.2, 0.25) is 0 Å². The Hall–Kier alpha value is -4.53. The van der Waals surface area contributed by atoms with Crippen LogP contribution in [0, 0.1) is 6.92 Å². The van der Waals surface area contributed by atoms with Gasteiger partial charge in [-0.1, -0.05) is 90.5 Å². The minimum Gasteiger partial charge on any atom is -0.321 e. The fraction of sp³-hybridized carbons (Fsp3) is 0.0667. The van der Waals surface area contributed by atoms with Crippen molar-refractivity contribution in [2.24, 2.45) is 5.14 Å². The molecule has 0 saturated heterocycles. The molecule has 0 bridgehead atoms. The molecule has 0 saturated carbocycles. The normalized spacial score (nSPS) is 11.3. The average molecular weight is 523 g/mol. The molecule has 7 nitrogen and oxygen atoms in total. The highest BCUT2D eigenvalue weighted by atomic mass is 32.2. The van der Waals surface area contributed by atoms with Gasteiger partial charge in [-0.15, -0.1) is 0 Å². The van der Waals surface area contributed by atoms with Crippen LogP contribution in [-0.4, -0.2) is 24.1 Å². The molecule has 0 spiro atoms. The molecule has 0 aliphatic rings. The predicted molar refractivity (Wildman–Crippen MR) is 149 cm³/mol. The minimum atomic E-state index is -3.85. The van der Waals surface area contributed by atoms with Crippen LogP contribution in [0.1, 0.15) is 21.6 Å². The number of rotatable bonds is 7. The molecule has 5 aromatic rings. The van der Waals surface area contributed by atoms with Crippen molar-refractivity contribution in [2.45, 2.75) is 18.4 Å². The van der Waals surface area contributed by atoms with Crippen molar-refractivity contribution in [2.75, 3.05) is 5.32 Å². The maximum atomic E-state index is 13.8. The number of hydrogen-bond donors (Lipinski definition) is 2. The molecule has 3 N–H and O–H groups in total. The number of aryl methyl sites for hydroxylation is 1. The van der Waals surface area contributed by atoms with Crippen LogP contribution in [0.4, 0.5) is 5.69 Å². The number of benzene rings is 4. The SMILES string of the molecule is Cc1ccc(-c2c(-c3ccc(S(N)(=O)=O)cc3)nn(Cc3ccccc3)c2C(=O)Nc2ccccc2)cc1. The molecular formula is C30H26N4O3S. The summed E-state index contributed by atoms with van der Waals surface area (Å²) in [4.78, 5) is 13.9. The molecule has 8 heteroatoms. The monoisotopic (exact) mass is 522 g/mol. The van der Waals surface area contributed by atoms with Crippen molar-refractivity contribution in [1.82, 2.24) is 9.78 Å². The van der Waals surface area contributed by atoms with E-state index in [1.165, 1.54) is 12.1 Å². The Balaban J connectivity index is 1.72. The number of sulfonamides is 1. The number of anilines is 1. The first-order valence-corrected chi connectivity index (χ1v) is 13.6. The van der Waals surface area contributed by atoms with Gasteiger partial charge < -0.3 is 5.32 Å². The van der Waals surface area contributed by atoms with Gasteiger partial charge in [0.05, 0.1) is 11.4 Å². The zero-order chi connectivity index (χ0) is 26.7. The van der Waals surface area contributed by atoms with Crippen LogP contribution in [0.3, 0.4) is 0 Å². The molecule has 38 heavy (non-hydrogen) atoms. The zero-order valence-corrected chi connectivity index (χ0v) is 21.5. The van der Waals surface area contributed by atoms with Gasteiger partial charge in [0.15, 0.2) is 0 Å². The van der Waals surface area contributed by atoms with E-state index in [9.17, 15) is 13.2 Å². The Morgan fingerprint density at radius 1 is 0.816 bits per heavy atom. The highest BCUT2D eigenvalue weighted by molar-refractivity contribution is 7.89. The van der Waals surface area contributed by atoms with Crippen LogP contribution in [0.15, 0.2) is 114 Å². The Morgan fingerprint density at radius 3 is 2.00 bits per heavy atom. The summed E-state index contributed by atoms with van der Waals surface area (Å²) in [7, 11) is -3.85. The van der Waals surface area contributed by atoms with Crippen molar-refractivity contribution in [3.63, 3.8) is 0 Å². The molecular weight excluding hydrogens is 496 g/mol. The third kappa shape index (κ3) is 5.41. The molecule has 0 radical (unpaired) electrons. The second-order valence-electron chi connectivity index (χ2n) is 8.97. The molecule has 0 atom stereocenters. The van der Waals surface area contributed by atoms with Gasteiger partial charge >= 0.3 is 0 Å². The first-order valence-electron chi connectivity index (χ1n) is 12.0. The summed E-state index contributed by atoms with van der Waals surface area (Å²) < 4.78 is 25.4. The van der Waals surface area contributed by atoms with Crippen molar-refractivity contribution >= 4 is 21.6 Å². The van der Waals surface area contributed by atoms with E-state index in [1.807, 2.05) is 91.9 Å². The standard InChI is InChI=1S/C30H26N4O3S/c1-21-12-14-23(15-13-21)27-28(24-16-18-26(19-17-24)38(31,36)37)33-34(20-22-8-4-2-5-9-22)29(27)30(35)32-25-10-6-3-7-11-25/h2-19H,20H2,1H3,(H,32,35)(H2,31,36,37). The van der Waals surface area contributed by atoms with E-state index in [0.717, 1.165) is 16.7 Å². The van der Waals surface area contributed by atoms with E-state index < -0.39 is 10.0 Å². The molecule has 5 rings (SSSR count). The van der Waals surface area contributed by atoms with Crippen LogP contribution in [0.5, 0.6) is 0 Å². The lowest BCUT2D eigenvalue weighted by Gasteiger charge is -2.11. The smallest absolute Gasteiger partial charge is 0.274 e. The van der Waals surface area contributed by atoms with Crippen LogP contribution < -0.4 is 10.5 Å². The van der Waals surface area contributed by atoms with E-state index in [0.29, 0.717) is 34.7 Å². The number of carbonyl (C=O) groups is 1. The first-order chi connectivity index (χ1) is 18.3. The summed E-state index contributed by atoms with van der Waals surface area (Å²) in [5, 5.41) is 13.2. The summed E-state index contributed by atoms with van der Waals surface area (Å²) >= 11 is 0. The van der Waals surface area contributed by atoms with Gasteiger partial charge in [-0.05, 0) is 42.3 Å².